The molecule has 0 saturated carbocycles. The number of pyridine rings is 1. The highest BCUT2D eigenvalue weighted by atomic mass is 19.1. The van der Waals surface area contributed by atoms with Crippen LogP contribution in [-0.4, -0.2) is 56.9 Å². The summed E-state index contributed by atoms with van der Waals surface area (Å²) >= 11 is 0. The molecule has 2 aromatic heterocycles. The molecular weight excluding hydrogens is 487 g/mol. The van der Waals surface area contributed by atoms with Gasteiger partial charge in [0.25, 0.3) is 0 Å². The van der Waals surface area contributed by atoms with Crippen molar-refractivity contribution in [3.8, 4) is 11.1 Å². The predicted molar refractivity (Wildman–Crippen MR) is 144 cm³/mol. The number of fused-ring (bicyclic) bond motifs is 1. The summed E-state index contributed by atoms with van der Waals surface area (Å²) in [5.41, 5.74) is 3.04. The van der Waals surface area contributed by atoms with Crippen molar-refractivity contribution in [2.75, 3.05) is 23.8 Å². The molecule has 3 heterocycles. The molecule has 1 aromatic carbocycles. The van der Waals surface area contributed by atoms with Crippen LogP contribution in [0.5, 0.6) is 0 Å². The number of nitrogens with one attached hydrogen (secondary N) is 1. The van der Waals surface area contributed by atoms with Crippen LogP contribution < -0.4 is 10.2 Å². The maximum Gasteiger partial charge on any atom is 0.410 e. The SMILES string of the molecule is CC(=O)N1c2ccc(-c3cnn(CCN(C)C(=O)OC(C)(C)C)c3)cc2C(Nc2cc(F)ccn2)CC1C. The summed E-state index contributed by atoms with van der Waals surface area (Å²) < 4.78 is 21.0. The predicted octanol–water partition coefficient (Wildman–Crippen LogP) is 5.25. The lowest BCUT2D eigenvalue weighted by molar-refractivity contribution is -0.117. The number of amides is 2. The van der Waals surface area contributed by atoms with Gasteiger partial charge in [-0.05, 0) is 63.4 Å². The molecule has 1 aliphatic rings. The van der Waals surface area contributed by atoms with Crippen molar-refractivity contribution < 1.29 is 18.7 Å². The van der Waals surface area contributed by atoms with Crippen LogP contribution in [0.4, 0.5) is 20.7 Å². The molecule has 0 spiro atoms. The van der Waals surface area contributed by atoms with E-state index >= 15 is 0 Å². The first kappa shape index (κ1) is 27.1. The maximum atomic E-state index is 13.8. The zero-order chi connectivity index (χ0) is 27.6. The highest BCUT2D eigenvalue weighted by molar-refractivity contribution is 5.94. The molecule has 2 atom stereocenters. The number of hydrogen-bond donors (Lipinski definition) is 1. The molecule has 2 unspecified atom stereocenters. The van der Waals surface area contributed by atoms with E-state index in [1.807, 2.05) is 52.1 Å². The fourth-order valence-electron chi connectivity index (χ4n) is 4.64. The minimum absolute atomic E-state index is 0.0317. The third-order valence-electron chi connectivity index (χ3n) is 6.40. The van der Waals surface area contributed by atoms with Crippen LogP contribution in [0.1, 0.15) is 52.6 Å². The summed E-state index contributed by atoms with van der Waals surface area (Å²) in [7, 11) is 1.70. The summed E-state index contributed by atoms with van der Waals surface area (Å²) in [4.78, 5) is 32.3. The lowest BCUT2D eigenvalue weighted by atomic mass is 9.89. The number of ether oxygens (including phenoxy) is 1. The Morgan fingerprint density at radius 3 is 2.66 bits per heavy atom. The number of anilines is 2. The topological polar surface area (TPSA) is 92.6 Å². The van der Waals surface area contributed by atoms with Crippen molar-refractivity contribution in [3.05, 3.63) is 60.3 Å². The number of likely N-dealkylation sites (N-methyl/N-ethyl adjacent to an activating group) is 1. The summed E-state index contributed by atoms with van der Waals surface area (Å²) in [6.07, 6.45) is 5.40. The molecule has 3 aromatic rings. The molecule has 1 N–H and O–H groups in total. The lowest BCUT2D eigenvalue weighted by Crippen LogP contribution is -2.43. The Labute approximate surface area is 222 Å². The van der Waals surface area contributed by atoms with Crippen LogP contribution in [0.15, 0.2) is 48.9 Å². The number of halogens is 1. The molecule has 1 aliphatic heterocycles. The minimum Gasteiger partial charge on any atom is -0.444 e. The van der Waals surface area contributed by atoms with E-state index in [4.69, 9.17) is 4.74 Å². The second-order valence-corrected chi connectivity index (χ2v) is 10.7. The van der Waals surface area contributed by atoms with Crippen molar-refractivity contribution in [1.82, 2.24) is 19.7 Å². The average Bonchev–Trinajstić information content (AvgIpc) is 3.30. The highest BCUT2D eigenvalue weighted by Gasteiger charge is 2.33. The number of carbonyl (C=O) groups excluding carboxylic acids is 2. The first-order valence-corrected chi connectivity index (χ1v) is 12.7. The van der Waals surface area contributed by atoms with Crippen LogP contribution in [0.3, 0.4) is 0 Å². The van der Waals surface area contributed by atoms with Gasteiger partial charge in [0.2, 0.25) is 5.91 Å². The van der Waals surface area contributed by atoms with Gasteiger partial charge in [0.1, 0.15) is 17.2 Å². The van der Waals surface area contributed by atoms with Crippen molar-refractivity contribution >= 4 is 23.5 Å². The second kappa shape index (κ2) is 10.8. The van der Waals surface area contributed by atoms with Crippen LogP contribution in [0, 0.1) is 5.82 Å². The Balaban J connectivity index is 1.56. The Bertz CT molecular complexity index is 1320. The van der Waals surface area contributed by atoms with E-state index < -0.39 is 5.60 Å². The third-order valence-corrected chi connectivity index (χ3v) is 6.40. The van der Waals surface area contributed by atoms with Gasteiger partial charge >= 0.3 is 6.09 Å². The molecule has 9 nitrogen and oxygen atoms in total. The minimum atomic E-state index is -0.552. The van der Waals surface area contributed by atoms with Gasteiger partial charge in [-0.15, -0.1) is 0 Å². The number of rotatable bonds is 6. The molecular formula is C28H35FN6O3. The van der Waals surface area contributed by atoms with E-state index in [0.29, 0.717) is 25.3 Å². The number of nitrogens with zero attached hydrogens (tertiary/aromatic N) is 5. The van der Waals surface area contributed by atoms with E-state index in [0.717, 1.165) is 22.4 Å². The summed E-state index contributed by atoms with van der Waals surface area (Å²) in [6.45, 7) is 10.0. The number of hydrogen-bond acceptors (Lipinski definition) is 6. The number of carbonyl (C=O) groups is 2. The summed E-state index contributed by atoms with van der Waals surface area (Å²) in [5.74, 6) is 0.0444. The first-order chi connectivity index (χ1) is 17.9. The Morgan fingerprint density at radius 1 is 1.21 bits per heavy atom. The monoisotopic (exact) mass is 522 g/mol. The van der Waals surface area contributed by atoms with Gasteiger partial charge in [-0.3, -0.25) is 9.48 Å². The molecule has 2 amide bonds. The number of aromatic nitrogens is 3. The van der Waals surface area contributed by atoms with Crippen molar-refractivity contribution in [1.29, 1.82) is 0 Å². The van der Waals surface area contributed by atoms with Crippen molar-refractivity contribution in [2.24, 2.45) is 0 Å². The van der Waals surface area contributed by atoms with Crippen LogP contribution in [-0.2, 0) is 16.1 Å². The fourth-order valence-corrected chi connectivity index (χ4v) is 4.64. The lowest BCUT2D eigenvalue weighted by Gasteiger charge is -2.39. The van der Waals surface area contributed by atoms with Gasteiger partial charge in [-0.1, -0.05) is 6.07 Å². The van der Waals surface area contributed by atoms with E-state index in [1.54, 1.807) is 29.7 Å². The van der Waals surface area contributed by atoms with Gasteiger partial charge in [-0.2, -0.15) is 5.10 Å². The normalized spacial score (nSPS) is 17.1. The van der Waals surface area contributed by atoms with E-state index in [9.17, 15) is 14.0 Å². The molecule has 4 rings (SSSR count). The van der Waals surface area contributed by atoms with E-state index in [1.165, 1.54) is 23.2 Å². The molecule has 38 heavy (non-hydrogen) atoms. The highest BCUT2D eigenvalue weighted by Crippen LogP contribution is 2.41. The maximum absolute atomic E-state index is 13.8. The summed E-state index contributed by atoms with van der Waals surface area (Å²) in [6, 6.07) is 8.43. The second-order valence-electron chi connectivity index (χ2n) is 10.7. The first-order valence-electron chi connectivity index (χ1n) is 12.7. The third kappa shape index (κ3) is 6.30. The quantitative estimate of drug-likeness (QED) is 0.475. The molecule has 10 heteroatoms. The van der Waals surface area contributed by atoms with Crippen LogP contribution in [0.2, 0.25) is 0 Å². The smallest absolute Gasteiger partial charge is 0.410 e. The number of benzene rings is 1. The molecule has 0 aliphatic carbocycles. The standard InChI is InChI=1S/C28H35FN6O3/c1-18-13-24(32-26-15-22(29)9-10-30-26)23-14-20(7-8-25(23)35(18)19(2)36)21-16-31-34(17-21)12-11-33(6)27(37)38-28(3,4)5/h7-10,14-18,24H,11-13H2,1-6H3,(H,30,32). The fraction of sp³-hybridized carbons (Fsp3) is 0.429. The molecule has 0 saturated heterocycles. The van der Waals surface area contributed by atoms with Gasteiger partial charge < -0.3 is 19.9 Å². The van der Waals surface area contributed by atoms with Crippen molar-refractivity contribution in [2.45, 2.75) is 65.3 Å². The van der Waals surface area contributed by atoms with Gasteiger partial charge in [-0.25, -0.2) is 14.2 Å². The van der Waals surface area contributed by atoms with Gasteiger partial charge in [0.15, 0.2) is 0 Å². The van der Waals surface area contributed by atoms with Gasteiger partial charge in [0.05, 0.1) is 18.8 Å². The Morgan fingerprint density at radius 2 is 1.97 bits per heavy atom. The molecule has 0 fully saturated rings. The molecule has 0 radical (unpaired) electrons. The van der Waals surface area contributed by atoms with Crippen molar-refractivity contribution in [3.63, 3.8) is 0 Å². The Hall–Kier alpha value is -3.95. The van der Waals surface area contributed by atoms with Crippen LogP contribution >= 0.6 is 0 Å². The zero-order valence-electron chi connectivity index (χ0n) is 22.7. The molecule has 0 bridgehead atoms. The Kier molecular flexibility index (Phi) is 7.71. The molecule has 202 valence electrons. The van der Waals surface area contributed by atoms with E-state index in [2.05, 4.69) is 15.4 Å². The zero-order valence-corrected chi connectivity index (χ0v) is 22.7. The summed E-state index contributed by atoms with van der Waals surface area (Å²) in [5, 5.41) is 7.82. The van der Waals surface area contributed by atoms with E-state index in [-0.39, 0.29) is 29.9 Å². The van der Waals surface area contributed by atoms with Gasteiger partial charge in [0, 0.05) is 56.3 Å². The largest absolute Gasteiger partial charge is 0.444 e. The van der Waals surface area contributed by atoms with Crippen LogP contribution in [0.25, 0.3) is 11.1 Å². The average molecular weight is 523 g/mol.